The normalized spacial score (nSPS) is 9.00. The topological polar surface area (TPSA) is 139 Å². The lowest BCUT2D eigenvalue weighted by atomic mass is 10.3. The van der Waals surface area contributed by atoms with Crippen molar-refractivity contribution < 1.29 is 15.3 Å². The Balaban J connectivity index is 0.000000180. The van der Waals surface area contributed by atoms with Gasteiger partial charge < -0.3 is 32.5 Å². The van der Waals surface area contributed by atoms with E-state index in [1.54, 1.807) is 66.7 Å². The van der Waals surface area contributed by atoms with Gasteiger partial charge in [0.25, 0.3) is 0 Å². The van der Waals surface area contributed by atoms with Crippen LogP contribution in [-0.2, 0) is 0 Å². The van der Waals surface area contributed by atoms with Gasteiger partial charge in [-0.05, 0) is 48.5 Å². The summed E-state index contributed by atoms with van der Waals surface area (Å²) >= 11 is 0. The van der Waals surface area contributed by atoms with Crippen LogP contribution in [0.1, 0.15) is 0 Å². The smallest absolute Gasteiger partial charge is 0.138 e. The van der Waals surface area contributed by atoms with Crippen molar-refractivity contribution in [1.82, 2.24) is 0 Å². The molecule has 0 aliphatic rings. The minimum atomic E-state index is 0.146. The summed E-state index contributed by atoms with van der Waals surface area (Å²) in [7, 11) is 0. The van der Waals surface area contributed by atoms with Crippen LogP contribution in [0.5, 0.6) is 17.2 Å². The SMILES string of the molecule is Nc1ccc(O)cc1.Nc1cccc(O)c1.Nc1ccccc1O. The molecule has 0 atom stereocenters. The Bertz CT molecular complexity index is 687. The number of phenolic OH excluding ortho intramolecular Hbond substituents is 3. The number of benzene rings is 3. The summed E-state index contributed by atoms with van der Waals surface area (Å²) in [4.78, 5) is 0. The van der Waals surface area contributed by atoms with E-state index in [1.807, 2.05) is 0 Å². The highest BCUT2D eigenvalue weighted by atomic mass is 16.3. The largest absolute Gasteiger partial charge is 0.508 e. The summed E-state index contributed by atoms with van der Waals surface area (Å²) in [5.41, 5.74) is 17.6. The van der Waals surface area contributed by atoms with Gasteiger partial charge in [-0.3, -0.25) is 0 Å². The van der Waals surface area contributed by atoms with Crippen LogP contribution in [0, 0.1) is 0 Å². The van der Waals surface area contributed by atoms with Gasteiger partial charge in [-0.25, -0.2) is 0 Å². The number of hydrogen-bond donors (Lipinski definition) is 6. The Morgan fingerprint density at radius 3 is 1.54 bits per heavy atom. The molecule has 0 fully saturated rings. The number of aromatic hydroxyl groups is 3. The van der Waals surface area contributed by atoms with Crippen molar-refractivity contribution in [2.75, 3.05) is 17.2 Å². The van der Waals surface area contributed by atoms with Gasteiger partial charge in [-0.15, -0.1) is 0 Å². The quantitative estimate of drug-likeness (QED) is 0.213. The third-order valence-corrected chi connectivity index (χ3v) is 2.70. The molecule has 0 saturated heterocycles. The maximum atomic E-state index is 8.79. The number of rotatable bonds is 0. The molecule has 0 saturated carbocycles. The zero-order chi connectivity index (χ0) is 17.9. The minimum Gasteiger partial charge on any atom is -0.508 e. The van der Waals surface area contributed by atoms with Crippen LogP contribution in [-0.4, -0.2) is 15.3 Å². The molecule has 126 valence electrons. The van der Waals surface area contributed by atoms with Gasteiger partial charge in [0.1, 0.15) is 17.2 Å². The van der Waals surface area contributed by atoms with E-state index in [2.05, 4.69) is 0 Å². The second-order valence-corrected chi connectivity index (χ2v) is 4.75. The molecule has 24 heavy (non-hydrogen) atoms. The molecule has 0 radical (unpaired) electrons. The molecule has 3 aromatic rings. The number of nitrogens with two attached hydrogens (primary N) is 3. The highest BCUT2D eigenvalue weighted by Crippen LogP contribution is 2.16. The Morgan fingerprint density at radius 2 is 1.17 bits per heavy atom. The number of hydrogen-bond acceptors (Lipinski definition) is 6. The molecule has 0 amide bonds. The lowest BCUT2D eigenvalue weighted by Crippen LogP contribution is -1.82. The third-order valence-electron chi connectivity index (χ3n) is 2.70. The Hall–Kier alpha value is -3.54. The van der Waals surface area contributed by atoms with Crippen molar-refractivity contribution in [2.45, 2.75) is 0 Å². The van der Waals surface area contributed by atoms with Crippen LogP contribution < -0.4 is 17.2 Å². The first-order valence-corrected chi connectivity index (χ1v) is 7.01. The van der Waals surface area contributed by atoms with Crippen molar-refractivity contribution in [3.63, 3.8) is 0 Å². The fourth-order valence-corrected chi connectivity index (χ4v) is 1.49. The van der Waals surface area contributed by atoms with Crippen molar-refractivity contribution in [3.05, 3.63) is 72.8 Å². The minimum absolute atomic E-state index is 0.146. The fourth-order valence-electron chi connectivity index (χ4n) is 1.49. The first kappa shape index (κ1) is 18.5. The Labute approximate surface area is 140 Å². The van der Waals surface area contributed by atoms with Crippen molar-refractivity contribution in [1.29, 1.82) is 0 Å². The summed E-state index contributed by atoms with van der Waals surface area (Å²) < 4.78 is 0. The summed E-state index contributed by atoms with van der Waals surface area (Å²) in [6.45, 7) is 0. The van der Waals surface area contributed by atoms with Gasteiger partial charge in [0.15, 0.2) is 0 Å². The van der Waals surface area contributed by atoms with E-state index in [9.17, 15) is 0 Å². The highest BCUT2D eigenvalue weighted by molar-refractivity contribution is 5.50. The third kappa shape index (κ3) is 7.46. The summed E-state index contributed by atoms with van der Waals surface area (Å²) in [6.07, 6.45) is 0. The Morgan fingerprint density at radius 1 is 0.542 bits per heavy atom. The number of anilines is 3. The first-order valence-electron chi connectivity index (χ1n) is 7.01. The molecule has 0 aliphatic heterocycles. The lowest BCUT2D eigenvalue weighted by molar-refractivity contribution is 0.475. The number of nitrogen functional groups attached to an aromatic ring is 3. The van der Waals surface area contributed by atoms with Gasteiger partial charge in [0.2, 0.25) is 0 Å². The highest BCUT2D eigenvalue weighted by Gasteiger charge is 1.88. The van der Waals surface area contributed by atoms with Crippen molar-refractivity contribution >= 4 is 17.1 Å². The van der Waals surface area contributed by atoms with Crippen molar-refractivity contribution in [2.24, 2.45) is 0 Å². The molecule has 3 aromatic carbocycles. The molecule has 6 nitrogen and oxygen atoms in total. The molecule has 0 aromatic heterocycles. The van der Waals surface area contributed by atoms with Gasteiger partial charge in [-0.2, -0.15) is 0 Å². The molecule has 9 N–H and O–H groups in total. The maximum Gasteiger partial charge on any atom is 0.138 e. The zero-order valence-electron chi connectivity index (χ0n) is 13.0. The Kier molecular flexibility index (Phi) is 7.30. The summed E-state index contributed by atoms with van der Waals surface area (Å²) in [6, 6.07) is 19.6. The van der Waals surface area contributed by atoms with Crippen LogP contribution in [0.3, 0.4) is 0 Å². The molecular formula is C18H21N3O3. The van der Waals surface area contributed by atoms with E-state index in [4.69, 9.17) is 32.5 Å². The average Bonchev–Trinajstić information content (AvgIpc) is 2.54. The molecule has 0 aliphatic carbocycles. The molecule has 6 heteroatoms. The maximum absolute atomic E-state index is 8.79. The summed E-state index contributed by atoms with van der Waals surface area (Å²) in [5, 5.41) is 26.2. The second kappa shape index (κ2) is 9.47. The molecule has 3 rings (SSSR count). The molecular weight excluding hydrogens is 306 g/mol. The predicted molar refractivity (Wildman–Crippen MR) is 97.6 cm³/mol. The zero-order valence-corrected chi connectivity index (χ0v) is 13.0. The van der Waals surface area contributed by atoms with E-state index in [0.717, 1.165) is 0 Å². The van der Waals surface area contributed by atoms with Crippen molar-refractivity contribution in [3.8, 4) is 17.2 Å². The van der Waals surface area contributed by atoms with E-state index < -0.39 is 0 Å². The first-order chi connectivity index (χ1) is 11.4. The second-order valence-electron chi connectivity index (χ2n) is 4.75. The standard InChI is InChI=1S/3C6H7NO/c7-5-1-3-6(8)4-2-5;7-5-2-1-3-6(8)4-5;7-5-3-1-2-4-6(5)8/h3*1-4,8H,7H2. The van der Waals surface area contributed by atoms with Crippen LogP contribution in [0.2, 0.25) is 0 Å². The van der Waals surface area contributed by atoms with Gasteiger partial charge in [0, 0.05) is 17.4 Å². The fraction of sp³-hybridized carbons (Fsp3) is 0. The molecule has 0 spiro atoms. The molecule has 0 unspecified atom stereocenters. The molecule has 0 bridgehead atoms. The predicted octanol–water partition coefficient (Wildman–Crippen LogP) is 2.92. The van der Waals surface area contributed by atoms with Gasteiger partial charge >= 0.3 is 0 Å². The molecule has 0 heterocycles. The summed E-state index contributed by atoms with van der Waals surface area (Å²) in [5.74, 6) is 0.608. The van der Waals surface area contributed by atoms with Crippen LogP contribution in [0.25, 0.3) is 0 Å². The van der Waals surface area contributed by atoms with E-state index in [1.165, 1.54) is 6.07 Å². The van der Waals surface area contributed by atoms with Crippen LogP contribution in [0.4, 0.5) is 17.1 Å². The van der Waals surface area contributed by atoms with E-state index in [-0.39, 0.29) is 17.2 Å². The number of phenols is 3. The van der Waals surface area contributed by atoms with E-state index >= 15 is 0 Å². The van der Waals surface area contributed by atoms with Crippen LogP contribution in [0.15, 0.2) is 72.8 Å². The van der Waals surface area contributed by atoms with Crippen LogP contribution >= 0.6 is 0 Å². The van der Waals surface area contributed by atoms with Gasteiger partial charge in [-0.1, -0.05) is 18.2 Å². The average molecular weight is 327 g/mol. The monoisotopic (exact) mass is 327 g/mol. The van der Waals surface area contributed by atoms with E-state index in [0.29, 0.717) is 17.1 Å². The lowest BCUT2D eigenvalue weighted by Gasteiger charge is -1.92. The number of para-hydroxylation sites is 2. The van der Waals surface area contributed by atoms with Gasteiger partial charge in [0.05, 0.1) is 5.69 Å².